The fourth-order valence-corrected chi connectivity index (χ4v) is 5.56. The third kappa shape index (κ3) is 3.46. The molecule has 0 N–H and O–H groups in total. The monoisotopic (exact) mass is 504 g/mol. The highest BCUT2D eigenvalue weighted by Gasteiger charge is 2.18. The lowest BCUT2D eigenvalue weighted by Gasteiger charge is -2.09. The van der Waals surface area contributed by atoms with Gasteiger partial charge in [-0.2, -0.15) is 5.10 Å². The van der Waals surface area contributed by atoms with E-state index < -0.39 is 0 Å². The molecule has 0 aliphatic heterocycles. The molecule has 168 valence electrons. The van der Waals surface area contributed by atoms with E-state index in [0.717, 1.165) is 33.2 Å². The van der Waals surface area contributed by atoms with Crippen molar-refractivity contribution in [2.24, 2.45) is 0 Å². The molecule has 0 amide bonds. The molecule has 0 radical (unpaired) electrons. The molecule has 0 saturated heterocycles. The van der Waals surface area contributed by atoms with E-state index in [0.29, 0.717) is 21.6 Å². The smallest absolute Gasteiger partial charge is 0.156 e. The highest BCUT2D eigenvalue weighted by Crippen LogP contribution is 2.36. The maximum atomic E-state index is 6.38. The predicted molar refractivity (Wildman–Crippen MR) is 138 cm³/mol. The van der Waals surface area contributed by atoms with Crippen LogP contribution in [0.25, 0.3) is 44.7 Å². The minimum Gasteiger partial charge on any atom is -0.454 e. The summed E-state index contributed by atoms with van der Waals surface area (Å²) in [6.45, 7) is 4.22. The first kappa shape index (κ1) is 21.2. The molecule has 5 aromatic heterocycles. The number of nitrogens with zero attached hydrogens (tertiary/aromatic N) is 4. The van der Waals surface area contributed by atoms with Gasteiger partial charge in [-0.1, -0.05) is 23.2 Å². The molecule has 0 fully saturated rings. The van der Waals surface area contributed by atoms with Gasteiger partial charge in [-0.05, 0) is 73.8 Å². The first-order valence-corrected chi connectivity index (χ1v) is 12.3. The quantitative estimate of drug-likeness (QED) is 0.243. The Bertz CT molecular complexity index is 1650. The van der Waals surface area contributed by atoms with Gasteiger partial charge < -0.3 is 8.98 Å². The van der Waals surface area contributed by atoms with Gasteiger partial charge >= 0.3 is 0 Å². The van der Waals surface area contributed by atoms with Gasteiger partial charge in [0.15, 0.2) is 11.4 Å². The molecule has 8 heteroatoms. The van der Waals surface area contributed by atoms with Crippen LogP contribution >= 0.6 is 34.5 Å². The summed E-state index contributed by atoms with van der Waals surface area (Å²) >= 11 is 14.1. The van der Waals surface area contributed by atoms with Gasteiger partial charge in [0.1, 0.15) is 17.1 Å². The Morgan fingerprint density at radius 2 is 1.68 bits per heavy atom. The van der Waals surface area contributed by atoms with Crippen LogP contribution in [-0.4, -0.2) is 19.2 Å². The number of halogens is 2. The molecule has 0 aliphatic carbocycles. The molecule has 0 spiro atoms. The maximum Gasteiger partial charge on any atom is 0.156 e. The number of hydrogen-bond donors (Lipinski definition) is 0. The molecule has 0 unspecified atom stereocenters. The van der Waals surface area contributed by atoms with Crippen molar-refractivity contribution in [1.82, 2.24) is 19.2 Å². The van der Waals surface area contributed by atoms with Gasteiger partial charge in [-0.15, -0.1) is 11.3 Å². The molecule has 5 nitrogen and oxygen atoms in total. The summed E-state index contributed by atoms with van der Waals surface area (Å²) < 4.78 is 10.2. The number of fused-ring (bicyclic) bond motifs is 1. The van der Waals surface area contributed by atoms with Crippen molar-refractivity contribution in [2.45, 2.75) is 13.8 Å². The predicted octanol–water partition coefficient (Wildman–Crippen LogP) is 8.10. The van der Waals surface area contributed by atoms with E-state index in [1.54, 1.807) is 29.7 Å². The maximum absolute atomic E-state index is 6.38. The van der Waals surface area contributed by atoms with Crippen LogP contribution in [0.4, 0.5) is 0 Å². The fourth-order valence-electron chi connectivity index (χ4n) is 4.22. The number of rotatable bonds is 4. The van der Waals surface area contributed by atoms with Crippen LogP contribution in [0.15, 0.2) is 76.7 Å². The van der Waals surface area contributed by atoms with Crippen molar-refractivity contribution in [3.8, 4) is 39.0 Å². The second-order valence-corrected chi connectivity index (χ2v) is 9.76. The normalized spacial score (nSPS) is 11.5. The molecular weight excluding hydrogens is 487 g/mol. The molecule has 0 saturated carbocycles. The average molecular weight is 505 g/mol. The van der Waals surface area contributed by atoms with E-state index in [4.69, 9.17) is 32.7 Å². The third-order valence-electron chi connectivity index (χ3n) is 5.80. The van der Waals surface area contributed by atoms with Crippen LogP contribution in [0.2, 0.25) is 10.0 Å². The summed E-state index contributed by atoms with van der Waals surface area (Å²) in [5, 5.41) is 8.13. The number of aryl methyl sites for hydroxylation is 2. The first-order chi connectivity index (χ1) is 16.5. The second kappa shape index (κ2) is 8.17. The van der Waals surface area contributed by atoms with Crippen molar-refractivity contribution >= 4 is 40.2 Å². The Balaban J connectivity index is 1.45. The van der Waals surface area contributed by atoms with E-state index in [1.807, 2.05) is 34.8 Å². The molecule has 34 heavy (non-hydrogen) atoms. The van der Waals surface area contributed by atoms with Crippen molar-refractivity contribution in [3.05, 3.63) is 93.7 Å². The Kier molecular flexibility index (Phi) is 5.10. The minimum absolute atomic E-state index is 0.537. The van der Waals surface area contributed by atoms with Gasteiger partial charge in [-0.25, -0.2) is 9.50 Å². The Morgan fingerprint density at radius 1 is 0.882 bits per heavy atom. The van der Waals surface area contributed by atoms with Gasteiger partial charge in [-0.3, -0.25) is 0 Å². The molecule has 6 aromatic rings. The standard InChI is InChI=1S/C26H18Cl2N4OS/c1-15-3-4-16(2)31(15)22-10-12-34-26(22)20-14-25-29-11-9-21(32(25)30-20)24-8-7-23(33-24)18-6-5-17(27)13-19(18)28/h3-14H,1-2H3. The van der Waals surface area contributed by atoms with Crippen molar-refractivity contribution in [2.75, 3.05) is 0 Å². The number of benzene rings is 1. The summed E-state index contributed by atoms with van der Waals surface area (Å²) in [6, 6.07) is 19.5. The summed E-state index contributed by atoms with van der Waals surface area (Å²) in [4.78, 5) is 5.62. The summed E-state index contributed by atoms with van der Waals surface area (Å²) in [7, 11) is 0. The summed E-state index contributed by atoms with van der Waals surface area (Å²) in [5.74, 6) is 1.33. The Labute approximate surface area is 209 Å². The van der Waals surface area contributed by atoms with Crippen LogP contribution in [0, 0.1) is 13.8 Å². The van der Waals surface area contributed by atoms with Gasteiger partial charge in [0.05, 0.1) is 15.6 Å². The number of thiophene rings is 1. The lowest BCUT2D eigenvalue weighted by Crippen LogP contribution is -1.99. The van der Waals surface area contributed by atoms with Crippen molar-refractivity contribution < 1.29 is 4.42 Å². The molecular formula is C26H18Cl2N4OS. The van der Waals surface area contributed by atoms with E-state index in [-0.39, 0.29) is 0 Å². The van der Waals surface area contributed by atoms with Crippen molar-refractivity contribution in [1.29, 1.82) is 0 Å². The van der Waals surface area contributed by atoms with Gasteiger partial charge in [0.2, 0.25) is 0 Å². The largest absolute Gasteiger partial charge is 0.454 e. The SMILES string of the molecule is Cc1ccc(C)n1-c1ccsc1-c1cc2nccc(-c3ccc(-c4ccc(Cl)cc4Cl)o3)n2n1. The zero-order chi connectivity index (χ0) is 23.4. The number of aromatic nitrogens is 4. The number of hydrogen-bond acceptors (Lipinski definition) is 4. The Morgan fingerprint density at radius 3 is 2.47 bits per heavy atom. The zero-order valence-corrected chi connectivity index (χ0v) is 20.6. The highest BCUT2D eigenvalue weighted by molar-refractivity contribution is 7.14. The lowest BCUT2D eigenvalue weighted by atomic mass is 10.2. The second-order valence-electron chi connectivity index (χ2n) is 8.00. The lowest BCUT2D eigenvalue weighted by molar-refractivity contribution is 0.592. The average Bonchev–Trinajstić information content (AvgIpc) is 3.59. The van der Waals surface area contributed by atoms with E-state index in [9.17, 15) is 0 Å². The molecule has 0 bridgehead atoms. The molecule has 5 heterocycles. The third-order valence-corrected chi connectivity index (χ3v) is 7.28. The zero-order valence-electron chi connectivity index (χ0n) is 18.3. The molecule has 6 rings (SSSR count). The van der Waals surface area contributed by atoms with E-state index in [1.165, 1.54) is 11.4 Å². The number of furan rings is 1. The van der Waals surface area contributed by atoms with Gasteiger partial charge in [0.25, 0.3) is 0 Å². The van der Waals surface area contributed by atoms with Crippen LogP contribution in [-0.2, 0) is 0 Å². The van der Waals surface area contributed by atoms with Crippen LogP contribution in [0.1, 0.15) is 11.4 Å². The van der Waals surface area contributed by atoms with E-state index >= 15 is 0 Å². The topological polar surface area (TPSA) is 48.3 Å². The summed E-state index contributed by atoms with van der Waals surface area (Å²) in [5.41, 5.74) is 6.68. The van der Waals surface area contributed by atoms with Crippen LogP contribution in [0.5, 0.6) is 0 Å². The van der Waals surface area contributed by atoms with Crippen LogP contribution < -0.4 is 0 Å². The molecule has 0 aliphatic rings. The first-order valence-electron chi connectivity index (χ1n) is 10.6. The van der Waals surface area contributed by atoms with Gasteiger partial charge in [0, 0.05) is 34.2 Å². The minimum atomic E-state index is 0.537. The Hall–Kier alpha value is -3.32. The highest BCUT2D eigenvalue weighted by atomic mass is 35.5. The molecule has 1 aromatic carbocycles. The molecule has 0 atom stereocenters. The van der Waals surface area contributed by atoms with Crippen molar-refractivity contribution in [3.63, 3.8) is 0 Å². The van der Waals surface area contributed by atoms with Crippen LogP contribution in [0.3, 0.4) is 0 Å². The van der Waals surface area contributed by atoms with E-state index in [2.05, 4.69) is 47.0 Å². The summed E-state index contributed by atoms with van der Waals surface area (Å²) in [6.07, 6.45) is 1.77. The fraction of sp³-hybridized carbons (Fsp3) is 0.0769.